The lowest BCUT2D eigenvalue weighted by Crippen LogP contribution is -2.61. The summed E-state index contributed by atoms with van der Waals surface area (Å²) in [6.07, 6.45) is -1.61. The third-order valence-electron chi connectivity index (χ3n) is 4.10. The molecule has 0 radical (unpaired) electrons. The summed E-state index contributed by atoms with van der Waals surface area (Å²) in [5.41, 5.74) is 15.0. The van der Waals surface area contributed by atoms with Gasteiger partial charge in [-0.15, -0.1) is 0 Å². The van der Waals surface area contributed by atoms with Crippen molar-refractivity contribution in [3.63, 3.8) is 0 Å². The number of para-hydroxylation sites is 1. The molecule has 6 heteroatoms. The van der Waals surface area contributed by atoms with E-state index in [2.05, 4.69) is 0 Å². The third kappa shape index (κ3) is 3.46. The van der Waals surface area contributed by atoms with Crippen molar-refractivity contribution in [3.8, 4) is 0 Å². The van der Waals surface area contributed by atoms with Crippen molar-refractivity contribution in [2.75, 3.05) is 11.5 Å². The van der Waals surface area contributed by atoms with Crippen molar-refractivity contribution in [1.29, 1.82) is 0 Å². The minimum Gasteiger partial charge on any atom is -0.399 e. The van der Waals surface area contributed by atoms with Crippen LogP contribution in [0.2, 0.25) is 0 Å². The van der Waals surface area contributed by atoms with Crippen LogP contribution in [0.3, 0.4) is 0 Å². The van der Waals surface area contributed by atoms with E-state index in [1.165, 1.54) is 0 Å². The fourth-order valence-corrected chi connectivity index (χ4v) is 2.68. The van der Waals surface area contributed by atoms with Crippen molar-refractivity contribution in [2.24, 2.45) is 5.84 Å². The summed E-state index contributed by atoms with van der Waals surface area (Å²) in [7, 11) is 0. The van der Waals surface area contributed by atoms with Gasteiger partial charge in [-0.25, -0.2) is 0 Å². The van der Waals surface area contributed by atoms with E-state index in [0.29, 0.717) is 22.6 Å². The molecule has 0 heterocycles. The van der Waals surface area contributed by atoms with E-state index >= 15 is 0 Å². The molecule has 6 nitrogen and oxygen atoms in total. The predicted molar refractivity (Wildman–Crippen MR) is 93.7 cm³/mol. The first-order valence-electron chi connectivity index (χ1n) is 7.51. The molecule has 0 aromatic heterocycles. The Balaban J connectivity index is 2.54. The number of hydrogen-bond donors (Lipinski definition) is 5. The number of nitrogens with two attached hydrogens (primary N) is 3. The molecule has 0 amide bonds. The van der Waals surface area contributed by atoms with Crippen molar-refractivity contribution >= 4 is 17.1 Å². The van der Waals surface area contributed by atoms with Crippen molar-refractivity contribution < 1.29 is 10.2 Å². The van der Waals surface area contributed by atoms with Crippen molar-refractivity contribution in [3.05, 3.63) is 53.6 Å². The Morgan fingerprint density at radius 1 is 1.04 bits per heavy atom. The van der Waals surface area contributed by atoms with Gasteiger partial charge in [-0.05, 0) is 25.1 Å². The molecule has 2 aromatic rings. The Bertz CT molecular complexity index is 688. The van der Waals surface area contributed by atoms with Gasteiger partial charge in [-0.2, -0.15) is 10.4 Å². The highest BCUT2D eigenvalue weighted by Crippen LogP contribution is 2.33. The maximum atomic E-state index is 10.3. The normalized spacial score (nSPS) is 16.6. The summed E-state index contributed by atoms with van der Waals surface area (Å²) in [4.78, 5) is 0. The first-order valence-corrected chi connectivity index (χ1v) is 7.51. The second-order valence-corrected chi connectivity index (χ2v) is 5.91. The molecular weight excluding hydrogens is 292 g/mol. The molecule has 2 aromatic carbocycles. The average Bonchev–Trinajstić information content (AvgIpc) is 2.50. The molecule has 2 rings (SSSR count). The van der Waals surface area contributed by atoms with E-state index in [-0.39, 0.29) is 11.1 Å². The SMILES string of the molecule is CC(O)c1ccccc1[N+](N)(Cc1cc(N)ccc1N)C(C)O. The fourth-order valence-electron chi connectivity index (χ4n) is 2.68. The number of anilines is 2. The second kappa shape index (κ2) is 6.55. The van der Waals surface area contributed by atoms with Crippen molar-refractivity contribution in [2.45, 2.75) is 32.7 Å². The van der Waals surface area contributed by atoms with Gasteiger partial charge in [0.1, 0.15) is 6.54 Å². The van der Waals surface area contributed by atoms with E-state index in [0.717, 1.165) is 5.56 Å². The molecule has 124 valence electrons. The summed E-state index contributed by atoms with van der Waals surface area (Å²) in [6, 6.07) is 12.4. The molecular formula is C17H25N4O2+. The van der Waals surface area contributed by atoms with Crippen LogP contribution in [0.1, 0.15) is 31.1 Å². The lowest BCUT2D eigenvalue weighted by molar-refractivity contribution is 0.0155. The maximum Gasteiger partial charge on any atom is 0.210 e. The van der Waals surface area contributed by atoms with Gasteiger partial charge in [0.15, 0.2) is 5.69 Å². The molecule has 0 bridgehead atoms. The molecule has 0 aliphatic rings. The number of quaternary nitrogens is 1. The Kier molecular flexibility index (Phi) is 4.91. The van der Waals surface area contributed by atoms with Gasteiger partial charge in [-0.3, -0.25) is 0 Å². The summed E-state index contributed by atoms with van der Waals surface area (Å²) < 4.78 is -0.297. The molecule has 0 aliphatic heterocycles. The van der Waals surface area contributed by atoms with E-state index < -0.39 is 12.3 Å². The Morgan fingerprint density at radius 2 is 1.70 bits per heavy atom. The zero-order valence-corrected chi connectivity index (χ0v) is 13.5. The smallest absolute Gasteiger partial charge is 0.210 e. The lowest BCUT2D eigenvalue weighted by Gasteiger charge is -2.37. The number of nitrogens with zero attached hydrogens (tertiary/aromatic N) is 1. The highest BCUT2D eigenvalue weighted by Gasteiger charge is 2.36. The zero-order valence-electron chi connectivity index (χ0n) is 13.5. The van der Waals surface area contributed by atoms with Gasteiger partial charge in [0.05, 0.1) is 6.10 Å². The predicted octanol–water partition coefficient (Wildman–Crippen LogP) is 1.62. The average molecular weight is 317 g/mol. The van der Waals surface area contributed by atoms with Crippen molar-refractivity contribution in [1.82, 2.24) is 4.59 Å². The van der Waals surface area contributed by atoms with Crippen LogP contribution < -0.4 is 21.9 Å². The van der Waals surface area contributed by atoms with Crippen LogP contribution in [0.25, 0.3) is 0 Å². The minimum absolute atomic E-state index is 0.248. The molecule has 0 fully saturated rings. The molecule has 0 saturated heterocycles. The van der Waals surface area contributed by atoms with Crippen LogP contribution >= 0.6 is 0 Å². The molecule has 0 spiro atoms. The van der Waals surface area contributed by atoms with Crippen LogP contribution in [0.4, 0.5) is 17.1 Å². The maximum absolute atomic E-state index is 10.3. The minimum atomic E-state index is -0.907. The summed E-state index contributed by atoms with van der Waals surface area (Å²) in [6.45, 7) is 3.53. The third-order valence-corrected chi connectivity index (χ3v) is 4.10. The number of nitrogen functional groups attached to an aromatic ring is 2. The van der Waals surface area contributed by atoms with Crippen LogP contribution in [-0.4, -0.2) is 16.4 Å². The summed E-state index contributed by atoms with van der Waals surface area (Å²) >= 11 is 0. The van der Waals surface area contributed by atoms with Gasteiger partial charge < -0.3 is 21.7 Å². The molecule has 0 saturated carbocycles. The van der Waals surface area contributed by atoms with Gasteiger partial charge in [0.2, 0.25) is 6.23 Å². The molecule has 3 unspecified atom stereocenters. The number of aliphatic hydroxyl groups excluding tert-OH is 2. The zero-order chi connectivity index (χ0) is 17.2. The number of rotatable bonds is 5. The quantitative estimate of drug-likeness (QED) is 0.189. The van der Waals surface area contributed by atoms with Gasteiger partial charge in [-0.1, -0.05) is 18.2 Å². The highest BCUT2D eigenvalue weighted by atomic mass is 16.3. The van der Waals surface area contributed by atoms with Crippen LogP contribution in [0.5, 0.6) is 0 Å². The topological polar surface area (TPSA) is 119 Å². The molecule has 8 N–H and O–H groups in total. The Labute approximate surface area is 136 Å². The fraction of sp³-hybridized carbons (Fsp3) is 0.294. The molecule has 0 aliphatic carbocycles. The summed E-state index contributed by atoms with van der Waals surface area (Å²) in [5.74, 6) is 6.53. The second-order valence-electron chi connectivity index (χ2n) is 5.91. The van der Waals surface area contributed by atoms with E-state index in [4.69, 9.17) is 17.3 Å². The van der Waals surface area contributed by atoms with E-state index in [1.807, 2.05) is 12.1 Å². The van der Waals surface area contributed by atoms with Gasteiger partial charge in [0.25, 0.3) is 0 Å². The van der Waals surface area contributed by atoms with Crippen LogP contribution in [-0.2, 0) is 6.54 Å². The standard InChI is InChI=1S/C17H25N4O2/c1-11(22)15-5-3-4-6-17(15)21(20,12(2)23)10-13-9-14(18)7-8-16(13)19/h3-9,11-12,22-23H,10,18-20H2,1-2H3/q+1. The molecule has 23 heavy (non-hydrogen) atoms. The first kappa shape index (κ1) is 17.2. The first-order chi connectivity index (χ1) is 10.8. The summed E-state index contributed by atoms with van der Waals surface area (Å²) in [5, 5.41) is 20.4. The lowest BCUT2D eigenvalue weighted by atomic mass is 10.0. The van der Waals surface area contributed by atoms with Gasteiger partial charge in [0, 0.05) is 35.5 Å². The molecule has 3 atom stereocenters. The van der Waals surface area contributed by atoms with Gasteiger partial charge >= 0.3 is 0 Å². The largest absolute Gasteiger partial charge is 0.399 e. The number of hydrogen-bond acceptors (Lipinski definition) is 5. The van der Waals surface area contributed by atoms with Crippen LogP contribution in [0.15, 0.2) is 42.5 Å². The number of aliphatic hydroxyl groups is 2. The number of benzene rings is 2. The van der Waals surface area contributed by atoms with Crippen LogP contribution in [0, 0.1) is 0 Å². The Morgan fingerprint density at radius 3 is 2.30 bits per heavy atom. The van der Waals surface area contributed by atoms with E-state index in [9.17, 15) is 10.2 Å². The monoisotopic (exact) mass is 317 g/mol. The van der Waals surface area contributed by atoms with E-state index in [1.54, 1.807) is 44.2 Å². The highest BCUT2D eigenvalue weighted by molar-refractivity contribution is 5.57. The Hall–Kier alpha value is -2.12.